The van der Waals surface area contributed by atoms with Gasteiger partial charge in [-0.2, -0.15) is 5.26 Å². The molecule has 0 aromatic heterocycles. The summed E-state index contributed by atoms with van der Waals surface area (Å²) < 4.78 is 17.3. The predicted octanol–water partition coefficient (Wildman–Crippen LogP) is 4.51. The van der Waals surface area contributed by atoms with Gasteiger partial charge in [0.1, 0.15) is 5.75 Å². The molecule has 2 aromatic rings. The van der Waals surface area contributed by atoms with Crippen LogP contribution in [0.25, 0.3) is 0 Å². The molecular formula is C23H27NO3. The molecule has 0 aliphatic carbocycles. The molecule has 0 amide bonds. The number of nitriles is 1. The van der Waals surface area contributed by atoms with Crippen molar-refractivity contribution in [1.82, 2.24) is 0 Å². The van der Waals surface area contributed by atoms with E-state index >= 15 is 0 Å². The van der Waals surface area contributed by atoms with Crippen LogP contribution in [0, 0.1) is 17.2 Å². The highest BCUT2D eigenvalue weighted by Crippen LogP contribution is 2.21. The molecule has 2 aromatic carbocycles. The molecule has 142 valence electrons. The van der Waals surface area contributed by atoms with Crippen molar-refractivity contribution in [3.8, 4) is 11.8 Å². The SMILES string of the molecule is CCOc1ccc(CCCC2COC(Cc3ccc(C#N)cc3)OC2)cc1. The maximum atomic E-state index is 8.85. The van der Waals surface area contributed by atoms with Gasteiger partial charge in [0.15, 0.2) is 6.29 Å². The Labute approximate surface area is 161 Å². The maximum Gasteiger partial charge on any atom is 0.161 e. The lowest BCUT2D eigenvalue weighted by Gasteiger charge is -2.29. The van der Waals surface area contributed by atoms with E-state index in [0.717, 1.165) is 50.2 Å². The van der Waals surface area contributed by atoms with E-state index in [4.69, 9.17) is 19.5 Å². The van der Waals surface area contributed by atoms with Gasteiger partial charge in [-0.25, -0.2) is 0 Å². The van der Waals surface area contributed by atoms with Crippen LogP contribution in [0.2, 0.25) is 0 Å². The van der Waals surface area contributed by atoms with Crippen molar-refractivity contribution < 1.29 is 14.2 Å². The smallest absolute Gasteiger partial charge is 0.161 e. The minimum atomic E-state index is -0.180. The average Bonchev–Trinajstić information content (AvgIpc) is 2.71. The first kappa shape index (κ1) is 19.4. The Morgan fingerprint density at radius 3 is 2.30 bits per heavy atom. The van der Waals surface area contributed by atoms with Crippen LogP contribution >= 0.6 is 0 Å². The third-order valence-corrected chi connectivity index (χ3v) is 4.83. The van der Waals surface area contributed by atoms with Gasteiger partial charge in [-0.1, -0.05) is 24.3 Å². The molecule has 3 rings (SSSR count). The zero-order valence-electron chi connectivity index (χ0n) is 15.9. The van der Waals surface area contributed by atoms with Crippen molar-refractivity contribution in [2.24, 2.45) is 5.92 Å². The minimum Gasteiger partial charge on any atom is -0.494 e. The zero-order valence-corrected chi connectivity index (χ0v) is 15.9. The van der Waals surface area contributed by atoms with Gasteiger partial charge in [-0.15, -0.1) is 0 Å². The molecule has 1 saturated heterocycles. The first-order valence-electron chi connectivity index (χ1n) is 9.71. The highest BCUT2D eigenvalue weighted by molar-refractivity contribution is 5.31. The lowest BCUT2D eigenvalue weighted by Crippen LogP contribution is -2.33. The van der Waals surface area contributed by atoms with Crippen LogP contribution in [-0.4, -0.2) is 26.1 Å². The van der Waals surface area contributed by atoms with E-state index in [2.05, 4.69) is 18.2 Å². The van der Waals surface area contributed by atoms with Crippen LogP contribution < -0.4 is 4.74 Å². The fourth-order valence-corrected chi connectivity index (χ4v) is 3.29. The summed E-state index contributed by atoms with van der Waals surface area (Å²) in [4.78, 5) is 0. The first-order chi connectivity index (χ1) is 13.3. The molecule has 27 heavy (non-hydrogen) atoms. The van der Waals surface area contributed by atoms with Crippen LogP contribution in [0.1, 0.15) is 36.5 Å². The molecule has 0 spiro atoms. The van der Waals surface area contributed by atoms with Crippen molar-refractivity contribution in [2.45, 2.75) is 38.9 Å². The monoisotopic (exact) mass is 365 g/mol. The second-order valence-corrected chi connectivity index (χ2v) is 6.94. The van der Waals surface area contributed by atoms with E-state index < -0.39 is 0 Å². The molecule has 1 fully saturated rings. The summed E-state index contributed by atoms with van der Waals surface area (Å²) in [6.07, 6.45) is 3.85. The quantitative estimate of drug-likeness (QED) is 0.690. The second-order valence-electron chi connectivity index (χ2n) is 6.94. The van der Waals surface area contributed by atoms with Crippen LogP contribution in [0.15, 0.2) is 48.5 Å². The number of aryl methyl sites for hydroxylation is 1. The van der Waals surface area contributed by atoms with Gasteiger partial charge in [0, 0.05) is 12.3 Å². The van der Waals surface area contributed by atoms with Crippen molar-refractivity contribution in [1.29, 1.82) is 5.26 Å². The van der Waals surface area contributed by atoms with Gasteiger partial charge >= 0.3 is 0 Å². The third kappa shape index (κ3) is 6.09. The maximum absolute atomic E-state index is 8.85. The standard InChI is InChI=1S/C23H27NO3/c1-2-25-22-12-10-18(11-13-22)4-3-5-21-16-26-23(27-17-21)14-19-6-8-20(15-24)9-7-19/h6-13,21,23H,2-5,14,16-17H2,1H3. The fourth-order valence-electron chi connectivity index (χ4n) is 3.29. The van der Waals surface area contributed by atoms with Crippen molar-refractivity contribution in [3.05, 3.63) is 65.2 Å². The molecule has 1 aliphatic heterocycles. The Morgan fingerprint density at radius 2 is 1.67 bits per heavy atom. The van der Waals surface area contributed by atoms with Gasteiger partial charge in [0.2, 0.25) is 0 Å². The molecular weight excluding hydrogens is 338 g/mol. The number of rotatable bonds is 8. The Hall–Kier alpha value is -2.35. The molecule has 4 heteroatoms. The van der Waals surface area contributed by atoms with Crippen LogP contribution in [0.3, 0.4) is 0 Å². The molecule has 4 nitrogen and oxygen atoms in total. The Morgan fingerprint density at radius 1 is 1.00 bits per heavy atom. The van der Waals surface area contributed by atoms with Crippen molar-refractivity contribution in [3.63, 3.8) is 0 Å². The highest BCUT2D eigenvalue weighted by Gasteiger charge is 2.22. The highest BCUT2D eigenvalue weighted by atomic mass is 16.7. The normalized spacial score (nSPS) is 19.4. The van der Waals surface area contributed by atoms with Gasteiger partial charge in [-0.3, -0.25) is 0 Å². The number of ether oxygens (including phenoxy) is 3. The van der Waals surface area contributed by atoms with E-state index in [9.17, 15) is 0 Å². The Kier molecular flexibility index (Phi) is 7.27. The summed E-state index contributed by atoms with van der Waals surface area (Å²) in [5.41, 5.74) is 3.15. The molecule has 0 N–H and O–H groups in total. The number of benzene rings is 2. The topological polar surface area (TPSA) is 51.5 Å². The van der Waals surface area contributed by atoms with Crippen molar-refractivity contribution in [2.75, 3.05) is 19.8 Å². The molecule has 0 saturated carbocycles. The fraction of sp³-hybridized carbons (Fsp3) is 0.435. The summed E-state index contributed by atoms with van der Waals surface area (Å²) in [5.74, 6) is 1.40. The molecule has 1 aliphatic rings. The van der Waals surface area contributed by atoms with Gasteiger partial charge < -0.3 is 14.2 Å². The Bertz CT molecular complexity index is 726. The molecule has 0 unspecified atom stereocenters. The lowest BCUT2D eigenvalue weighted by molar-refractivity contribution is -0.200. The lowest BCUT2D eigenvalue weighted by atomic mass is 10.00. The first-order valence-corrected chi connectivity index (χ1v) is 9.71. The Balaban J connectivity index is 1.35. The average molecular weight is 365 g/mol. The largest absolute Gasteiger partial charge is 0.494 e. The zero-order chi connectivity index (χ0) is 18.9. The van der Waals surface area contributed by atoms with Crippen molar-refractivity contribution >= 4 is 0 Å². The molecule has 0 radical (unpaired) electrons. The van der Waals surface area contributed by atoms with E-state index in [1.807, 2.05) is 43.3 Å². The van der Waals surface area contributed by atoms with Gasteiger partial charge in [0.05, 0.1) is 31.5 Å². The predicted molar refractivity (Wildman–Crippen MR) is 105 cm³/mol. The van der Waals surface area contributed by atoms with E-state index in [1.54, 1.807) is 0 Å². The summed E-state index contributed by atoms with van der Waals surface area (Å²) in [6.45, 7) is 4.21. The molecule has 0 bridgehead atoms. The second kappa shape index (κ2) is 10.1. The summed E-state index contributed by atoms with van der Waals surface area (Å²) in [6, 6.07) is 18.1. The number of hydrogen-bond acceptors (Lipinski definition) is 4. The van der Waals surface area contributed by atoms with E-state index in [-0.39, 0.29) is 6.29 Å². The third-order valence-electron chi connectivity index (χ3n) is 4.83. The van der Waals surface area contributed by atoms with E-state index in [0.29, 0.717) is 18.1 Å². The molecule has 1 heterocycles. The van der Waals surface area contributed by atoms with E-state index in [1.165, 1.54) is 5.56 Å². The minimum absolute atomic E-state index is 0.180. The van der Waals surface area contributed by atoms with Crippen LogP contribution in [0.5, 0.6) is 5.75 Å². The van der Waals surface area contributed by atoms with Crippen LogP contribution in [-0.2, 0) is 22.3 Å². The van der Waals surface area contributed by atoms with Crippen LogP contribution in [0.4, 0.5) is 0 Å². The van der Waals surface area contributed by atoms with Gasteiger partial charge in [-0.05, 0) is 61.6 Å². The van der Waals surface area contributed by atoms with Gasteiger partial charge in [0.25, 0.3) is 0 Å². The summed E-state index contributed by atoms with van der Waals surface area (Å²) in [7, 11) is 0. The number of nitrogens with zero attached hydrogens (tertiary/aromatic N) is 1. The summed E-state index contributed by atoms with van der Waals surface area (Å²) >= 11 is 0. The molecule has 0 atom stereocenters. The number of hydrogen-bond donors (Lipinski definition) is 0. The summed E-state index contributed by atoms with van der Waals surface area (Å²) in [5, 5.41) is 8.85.